The van der Waals surface area contributed by atoms with Crippen molar-refractivity contribution >= 4 is 23.9 Å². The van der Waals surface area contributed by atoms with E-state index in [9.17, 15) is 19.2 Å². The third kappa shape index (κ3) is 18.4. The molecule has 0 bridgehead atoms. The van der Waals surface area contributed by atoms with Gasteiger partial charge in [-0.2, -0.15) is 0 Å². The van der Waals surface area contributed by atoms with Gasteiger partial charge in [-0.3, -0.25) is 14.4 Å². The van der Waals surface area contributed by atoms with Crippen molar-refractivity contribution in [1.29, 1.82) is 0 Å². The summed E-state index contributed by atoms with van der Waals surface area (Å²) in [6, 6.07) is 0. The lowest BCUT2D eigenvalue weighted by atomic mass is 10.2. The summed E-state index contributed by atoms with van der Waals surface area (Å²) in [6.07, 6.45) is 0.781. The third-order valence-corrected chi connectivity index (χ3v) is 3.33. The predicted octanol–water partition coefficient (Wildman–Crippen LogP) is 0.653. The lowest BCUT2D eigenvalue weighted by Gasteiger charge is -2.09. The zero-order valence-corrected chi connectivity index (χ0v) is 16.8. The molecule has 3 amide bonds. The summed E-state index contributed by atoms with van der Waals surface area (Å²) in [5.74, 6) is -1.01. The van der Waals surface area contributed by atoms with Gasteiger partial charge in [-0.25, -0.2) is 4.79 Å². The van der Waals surface area contributed by atoms with Gasteiger partial charge in [-0.05, 0) is 18.8 Å². The molecule has 0 atom stereocenters. The zero-order chi connectivity index (χ0) is 21.2. The number of carbonyl (C=O) groups is 4. The highest BCUT2D eigenvalue weighted by atomic mass is 16.5. The molecule has 28 heavy (non-hydrogen) atoms. The Morgan fingerprint density at radius 3 is 2.14 bits per heavy atom. The zero-order valence-electron chi connectivity index (χ0n) is 16.8. The SMILES string of the molecule is CC(C)COC(=O)NCCCNC(=O)CCOCCNC(=O)CCCC(=O)O. The van der Waals surface area contributed by atoms with E-state index in [1.54, 1.807) is 0 Å². The molecule has 0 unspecified atom stereocenters. The largest absolute Gasteiger partial charge is 0.481 e. The van der Waals surface area contributed by atoms with Crippen molar-refractivity contribution in [3.63, 3.8) is 0 Å². The molecule has 0 spiro atoms. The molecule has 0 aromatic rings. The number of alkyl carbamates (subject to hydrolysis) is 1. The second-order valence-electron chi connectivity index (χ2n) is 6.58. The number of carbonyl (C=O) groups excluding carboxylic acids is 3. The summed E-state index contributed by atoms with van der Waals surface area (Å²) in [6.45, 7) is 5.96. The molecule has 0 saturated carbocycles. The Morgan fingerprint density at radius 1 is 0.821 bits per heavy atom. The molecule has 0 aliphatic heterocycles. The van der Waals surface area contributed by atoms with Crippen molar-refractivity contribution in [3.05, 3.63) is 0 Å². The Labute approximate surface area is 165 Å². The molecule has 10 nitrogen and oxygen atoms in total. The van der Waals surface area contributed by atoms with Crippen molar-refractivity contribution in [3.8, 4) is 0 Å². The summed E-state index contributed by atoms with van der Waals surface area (Å²) in [5.41, 5.74) is 0. The summed E-state index contributed by atoms with van der Waals surface area (Å²) in [7, 11) is 0. The fourth-order valence-electron chi connectivity index (χ4n) is 1.91. The minimum Gasteiger partial charge on any atom is -0.481 e. The second-order valence-corrected chi connectivity index (χ2v) is 6.58. The Morgan fingerprint density at radius 2 is 1.46 bits per heavy atom. The summed E-state index contributed by atoms with van der Waals surface area (Å²) < 4.78 is 10.2. The minimum atomic E-state index is -0.921. The topological polar surface area (TPSA) is 143 Å². The Balaban J connectivity index is 3.43. The number of hydrogen-bond donors (Lipinski definition) is 4. The van der Waals surface area contributed by atoms with Crippen LogP contribution in [0.1, 0.15) is 46.0 Å². The smallest absolute Gasteiger partial charge is 0.407 e. The van der Waals surface area contributed by atoms with E-state index in [1.165, 1.54) is 0 Å². The summed E-state index contributed by atoms with van der Waals surface area (Å²) >= 11 is 0. The maximum Gasteiger partial charge on any atom is 0.407 e. The van der Waals surface area contributed by atoms with Gasteiger partial charge in [0.15, 0.2) is 0 Å². The van der Waals surface area contributed by atoms with Crippen LogP contribution in [0.3, 0.4) is 0 Å². The Bertz CT molecular complexity index is 484. The lowest BCUT2D eigenvalue weighted by Crippen LogP contribution is -2.31. The van der Waals surface area contributed by atoms with Crippen LogP contribution >= 0.6 is 0 Å². The van der Waals surface area contributed by atoms with E-state index in [0.717, 1.165) is 0 Å². The normalized spacial score (nSPS) is 10.4. The van der Waals surface area contributed by atoms with Crippen molar-refractivity contribution in [2.24, 2.45) is 5.92 Å². The van der Waals surface area contributed by atoms with Gasteiger partial charge in [0.1, 0.15) is 0 Å². The van der Waals surface area contributed by atoms with Crippen LogP contribution in [0.15, 0.2) is 0 Å². The maximum absolute atomic E-state index is 11.6. The number of amides is 3. The van der Waals surface area contributed by atoms with Gasteiger partial charge in [-0.1, -0.05) is 13.8 Å². The van der Waals surface area contributed by atoms with Crippen LogP contribution in [0.25, 0.3) is 0 Å². The molecule has 0 aliphatic carbocycles. The molecule has 0 radical (unpaired) electrons. The van der Waals surface area contributed by atoms with Crippen LogP contribution in [-0.4, -0.2) is 68.4 Å². The molecule has 0 aromatic heterocycles. The molecule has 0 rings (SSSR count). The number of carboxylic acids is 1. The van der Waals surface area contributed by atoms with Crippen molar-refractivity contribution in [1.82, 2.24) is 16.0 Å². The van der Waals surface area contributed by atoms with Crippen LogP contribution in [-0.2, 0) is 23.9 Å². The number of ether oxygens (including phenoxy) is 2. The molecule has 0 saturated heterocycles. The quantitative estimate of drug-likeness (QED) is 0.277. The minimum absolute atomic E-state index is 0.0304. The summed E-state index contributed by atoms with van der Waals surface area (Å²) in [4.78, 5) is 44.6. The standard InChI is InChI=1S/C18H33N3O7/c1-14(2)13-28-18(26)21-9-4-8-19-16(23)7-11-27-12-10-20-15(22)5-3-6-17(24)25/h14H,3-13H2,1-2H3,(H,19,23)(H,20,22)(H,21,26)(H,24,25). The van der Waals surface area contributed by atoms with Crippen LogP contribution < -0.4 is 16.0 Å². The van der Waals surface area contributed by atoms with E-state index in [4.69, 9.17) is 14.6 Å². The monoisotopic (exact) mass is 403 g/mol. The van der Waals surface area contributed by atoms with Gasteiger partial charge in [0.25, 0.3) is 0 Å². The average molecular weight is 403 g/mol. The van der Waals surface area contributed by atoms with Crippen molar-refractivity contribution in [2.45, 2.75) is 46.0 Å². The fraction of sp³-hybridized carbons (Fsp3) is 0.778. The molecule has 0 aliphatic rings. The van der Waals surface area contributed by atoms with Crippen LogP contribution in [0.5, 0.6) is 0 Å². The van der Waals surface area contributed by atoms with E-state index >= 15 is 0 Å². The van der Waals surface area contributed by atoms with Crippen molar-refractivity contribution < 1.29 is 33.8 Å². The lowest BCUT2D eigenvalue weighted by molar-refractivity contribution is -0.137. The first-order valence-electron chi connectivity index (χ1n) is 9.54. The van der Waals surface area contributed by atoms with Crippen LogP contribution in [0, 0.1) is 5.92 Å². The highest BCUT2D eigenvalue weighted by Gasteiger charge is 2.05. The number of nitrogens with one attached hydrogen (secondary N) is 3. The highest BCUT2D eigenvalue weighted by Crippen LogP contribution is 1.95. The molecule has 0 aromatic carbocycles. The fourth-order valence-corrected chi connectivity index (χ4v) is 1.91. The predicted molar refractivity (Wildman–Crippen MR) is 102 cm³/mol. The number of aliphatic carboxylic acids is 1. The molecule has 10 heteroatoms. The van der Waals surface area contributed by atoms with Crippen LogP contribution in [0.4, 0.5) is 4.79 Å². The van der Waals surface area contributed by atoms with Gasteiger partial charge < -0.3 is 30.5 Å². The maximum atomic E-state index is 11.6. The van der Waals surface area contributed by atoms with Gasteiger partial charge in [0.2, 0.25) is 11.8 Å². The van der Waals surface area contributed by atoms with E-state index in [-0.39, 0.29) is 50.2 Å². The Hall–Kier alpha value is -2.36. The molecular weight excluding hydrogens is 370 g/mol. The number of carboxylic acid groups (broad SMARTS) is 1. The van der Waals surface area contributed by atoms with Gasteiger partial charge in [0.05, 0.1) is 19.8 Å². The van der Waals surface area contributed by atoms with E-state index < -0.39 is 12.1 Å². The van der Waals surface area contributed by atoms with Crippen molar-refractivity contribution in [2.75, 3.05) is 39.5 Å². The number of rotatable bonds is 16. The highest BCUT2D eigenvalue weighted by molar-refractivity contribution is 5.76. The van der Waals surface area contributed by atoms with Gasteiger partial charge >= 0.3 is 12.1 Å². The molecule has 0 heterocycles. The molecule has 0 fully saturated rings. The van der Waals surface area contributed by atoms with Gasteiger partial charge in [-0.15, -0.1) is 0 Å². The average Bonchev–Trinajstić information content (AvgIpc) is 2.62. The van der Waals surface area contributed by atoms with E-state index in [0.29, 0.717) is 39.1 Å². The Kier molecular flexibility index (Phi) is 15.4. The first-order chi connectivity index (χ1) is 13.3. The van der Waals surface area contributed by atoms with Crippen LogP contribution in [0.2, 0.25) is 0 Å². The number of hydrogen-bond acceptors (Lipinski definition) is 6. The molecular formula is C18H33N3O7. The molecule has 4 N–H and O–H groups in total. The third-order valence-electron chi connectivity index (χ3n) is 3.33. The van der Waals surface area contributed by atoms with Gasteiger partial charge in [0, 0.05) is 38.9 Å². The first-order valence-corrected chi connectivity index (χ1v) is 9.54. The second kappa shape index (κ2) is 16.8. The summed E-state index contributed by atoms with van der Waals surface area (Å²) in [5, 5.41) is 16.4. The molecule has 162 valence electrons. The first kappa shape index (κ1) is 25.6. The van der Waals surface area contributed by atoms with E-state index in [2.05, 4.69) is 16.0 Å². The van der Waals surface area contributed by atoms with E-state index in [1.807, 2.05) is 13.8 Å².